The van der Waals surface area contributed by atoms with E-state index in [0.29, 0.717) is 16.7 Å². The van der Waals surface area contributed by atoms with Crippen LogP contribution in [0.1, 0.15) is 37.8 Å². The van der Waals surface area contributed by atoms with Gasteiger partial charge in [-0.05, 0) is 16.3 Å². The molecule has 0 heterocycles. The van der Waals surface area contributed by atoms with Gasteiger partial charge in [0.1, 0.15) is 17.2 Å². The average molecular weight is 410 g/mol. The summed E-state index contributed by atoms with van der Waals surface area (Å²) in [6.07, 6.45) is 0. The Morgan fingerprint density at radius 3 is 1.87 bits per heavy atom. The van der Waals surface area contributed by atoms with Gasteiger partial charge >= 0.3 is 0 Å². The fourth-order valence-corrected chi connectivity index (χ4v) is 4.62. The molecule has 0 fully saturated rings. The van der Waals surface area contributed by atoms with Gasteiger partial charge in [-0.25, -0.2) is 0 Å². The van der Waals surface area contributed by atoms with E-state index in [0.717, 1.165) is 22.9 Å². The number of phenols is 3. The SMILES string of the molecule is O=C1c2ccccc2C(=O)C1C(c1c(O)cc(O)cc1O)c1cccc2ccccc12. The molecule has 0 amide bonds. The standard InChI is InChI=1S/C26H18O5/c27-15-12-20(28)23(21(29)13-15)22(17-11-5-7-14-6-1-2-8-16(14)17)24-25(30)18-9-3-4-10-19(18)26(24)31/h1-13,22,24,27-29H. The van der Waals surface area contributed by atoms with E-state index in [4.69, 9.17) is 0 Å². The molecule has 0 saturated heterocycles. The zero-order valence-electron chi connectivity index (χ0n) is 16.3. The van der Waals surface area contributed by atoms with Gasteiger partial charge in [0, 0.05) is 34.7 Å². The van der Waals surface area contributed by atoms with Crippen LogP contribution < -0.4 is 0 Å². The number of hydrogen-bond acceptors (Lipinski definition) is 5. The molecule has 0 spiro atoms. The normalized spacial score (nSPS) is 14.7. The van der Waals surface area contributed by atoms with Crippen LogP contribution in [0.15, 0.2) is 78.9 Å². The molecule has 4 aromatic rings. The molecule has 5 rings (SSSR count). The third-order valence-electron chi connectivity index (χ3n) is 5.95. The fourth-order valence-electron chi connectivity index (χ4n) is 4.62. The van der Waals surface area contributed by atoms with E-state index in [1.165, 1.54) is 0 Å². The van der Waals surface area contributed by atoms with Gasteiger partial charge < -0.3 is 15.3 Å². The van der Waals surface area contributed by atoms with Gasteiger partial charge in [-0.2, -0.15) is 0 Å². The van der Waals surface area contributed by atoms with Crippen molar-refractivity contribution in [3.8, 4) is 17.2 Å². The van der Waals surface area contributed by atoms with Crippen molar-refractivity contribution in [2.45, 2.75) is 5.92 Å². The summed E-state index contributed by atoms with van der Waals surface area (Å²) in [6, 6.07) is 21.9. The quantitative estimate of drug-likeness (QED) is 0.423. The summed E-state index contributed by atoms with van der Waals surface area (Å²) in [5.41, 5.74) is 1.34. The minimum absolute atomic E-state index is 0.0358. The maximum Gasteiger partial charge on any atom is 0.175 e. The number of rotatable bonds is 3. The molecule has 1 atom stereocenters. The van der Waals surface area contributed by atoms with E-state index in [2.05, 4.69) is 0 Å². The minimum atomic E-state index is -1.15. The van der Waals surface area contributed by atoms with Crippen LogP contribution in [0.3, 0.4) is 0 Å². The van der Waals surface area contributed by atoms with Gasteiger partial charge in [0.25, 0.3) is 0 Å². The molecule has 152 valence electrons. The molecule has 0 aromatic heterocycles. The lowest BCUT2D eigenvalue weighted by atomic mass is 9.76. The van der Waals surface area contributed by atoms with Crippen molar-refractivity contribution in [1.82, 2.24) is 0 Å². The van der Waals surface area contributed by atoms with Gasteiger partial charge in [-0.1, -0.05) is 66.7 Å². The van der Waals surface area contributed by atoms with Gasteiger partial charge in [-0.15, -0.1) is 0 Å². The van der Waals surface area contributed by atoms with E-state index >= 15 is 0 Å². The molecule has 0 radical (unpaired) electrons. The molecule has 1 unspecified atom stereocenters. The number of ketones is 2. The van der Waals surface area contributed by atoms with Crippen LogP contribution in [-0.4, -0.2) is 26.9 Å². The largest absolute Gasteiger partial charge is 0.508 e. The van der Waals surface area contributed by atoms with Crippen LogP contribution in [0, 0.1) is 5.92 Å². The van der Waals surface area contributed by atoms with E-state index in [1.807, 2.05) is 36.4 Å². The number of carbonyl (C=O) groups excluding carboxylic acids is 2. The first-order valence-electron chi connectivity index (χ1n) is 9.87. The lowest BCUT2D eigenvalue weighted by Gasteiger charge is -2.25. The molecule has 31 heavy (non-hydrogen) atoms. The maximum atomic E-state index is 13.4. The summed E-state index contributed by atoms with van der Waals surface area (Å²) in [7, 11) is 0. The number of hydrogen-bond donors (Lipinski definition) is 3. The average Bonchev–Trinajstić information content (AvgIpc) is 3.01. The van der Waals surface area contributed by atoms with Crippen molar-refractivity contribution in [2.75, 3.05) is 0 Å². The summed E-state index contributed by atoms with van der Waals surface area (Å²) < 4.78 is 0. The van der Waals surface area contributed by atoms with E-state index in [9.17, 15) is 24.9 Å². The van der Waals surface area contributed by atoms with E-state index < -0.39 is 11.8 Å². The first kappa shape index (κ1) is 18.9. The Morgan fingerprint density at radius 2 is 1.23 bits per heavy atom. The monoisotopic (exact) mass is 410 g/mol. The number of benzene rings is 4. The van der Waals surface area contributed by atoms with E-state index in [-0.39, 0.29) is 34.4 Å². The summed E-state index contributed by atoms with van der Waals surface area (Å²) in [5, 5.41) is 32.9. The van der Waals surface area contributed by atoms with Crippen molar-refractivity contribution < 1.29 is 24.9 Å². The molecular weight excluding hydrogens is 392 g/mol. The van der Waals surface area contributed by atoms with Crippen LogP contribution in [0.2, 0.25) is 0 Å². The Morgan fingerprint density at radius 1 is 0.677 bits per heavy atom. The summed E-state index contributed by atoms with van der Waals surface area (Å²) in [5.74, 6) is -3.89. The number of fused-ring (bicyclic) bond motifs is 2. The highest BCUT2D eigenvalue weighted by Crippen LogP contribution is 2.49. The predicted molar refractivity (Wildman–Crippen MR) is 116 cm³/mol. The number of Topliss-reactive ketones (excluding diaryl/α,β-unsaturated/α-hetero) is 2. The fraction of sp³-hybridized carbons (Fsp3) is 0.0769. The van der Waals surface area contributed by atoms with Crippen LogP contribution >= 0.6 is 0 Å². The van der Waals surface area contributed by atoms with Crippen molar-refractivity contribution >= 4 is 22.3 Å². The van der Waals surface area contributed by atoms with Crippen LogP contribution in [0.4, 0.5) is 0 Å². The molecular formula is C26H18O5. The first-order valence-corrected chi connectivity index (χ1v) is 9.87. The molecule has 1 aliphatic rings. The Bertz CT molecular complexity index is 1310. The second kappa shape index (κ2) is 6.99. The Hall–Kier alpha value is -4.12. The highest BCUT2D eigenvalue weighted by Gasteiger charge is 2.46. The first-order chi connectivity index (χ1) is 15.0. The zero-order valence-corrected chi connectivity index (χ0v) is 16.3. The molecule has 0 saturated carbocycles. The lowest BCUT2D eigenvalue weighted by Crippen LogP contribution is -2.25. The van der Waals surface area contributed by atoms with Gasteiger partial charge in [0.2, 0.25) is 0 Å². The van der Waals surface area contributed by atoms with Gasteiger partial charge in [0.05, 0.1) is 5.92 Å². The smallest absolute Gasteiger partial charge is 0.175 e. The predicted octanol–water partition coefficient (Wildman–Crippen LogP) is 4.78. The van der Waals surface area contributed by atoms with Crippen molar-refractivity contribution in [1.29, 1.82) is 0 Å². The molecule has 0 aliphatic heterocycles. The van der Waals surface area contributed by atoms with E-state index in [1.54, 1.807) is 30.3 Å². The number of carbonyl (C=O) groups is 2. The van der Waals surface area contributed by atoms with Crippen molar-refractivity contribution in [3.05, 3.63) is 101 Å². The molecule has 1 aliphatic carbocycles. The molecule has 5 nitrogen and oxygen atoms in total. The van der Waals surface area contributed by atoms with Gasteiger partial charge in [-0.3, -0.25) is 9.59 Å². The number of phenolic OH excluding ortho intramolecular Hbond substituents is 3. The molecule has 3 N–H and O–H groups in total. The lowest BCUT2D eigenvalue weighted by molar-refractivity contribution is 0.0824. The highest BCUT2D eigenvalue weighted by molar-refractivity contribution is 6.27. The minimum Gasteiger partial charge on any atom is -0.508 e. The maximum absolute atomic E-state index is 13.4. The molecule has 4 aromatic carbocycles. The molecule has 5 heteroatoms. The van der Waals surface area contributed by atoms with Crippen LogP contribution in [0.5, 0.6) is 17.2 Å². The Balaban J connectivity index is 1.82. The third-order valence-corrected chi connectivity index (χ3v) is 5.95. The van der Waals surface area contributed by atoms with Gasteiger partial charge in [0.15, 0.2) is 11.6 Å². The second-order valence-electron chi connectivity index (χ2n) is 7.70. The topological polar surface area (TPSA) is 94.8 Å². The zero-order chi connectivity index (χ0) is 21.7. The molecule has 0 bridgehead atoms. The van der Waals surface area contributed by atoms with Crippen LogP contribution in [0.25, 0.3) is 10.8 Å². The highest BCUT2D eigenvalue weighted by atomic mass is 16.3. The second-order valence-corrected chi connectivity index (χ2v) is 7.70. The number of aromatic hydroxyl groups is 3. The van der Waals surface area contributed by atoms with Crippen molar-refractivity contribution in [3.63, 3.8) is 0 Å². The third kappa shape index (κ3) is 2.86. The Labute approximate surface area is 177 Å². The Kier molecular flexibility index (Phi) is 4.26. The summed E-state index contributed by atoms with van der Waals surface area (Å²) in [4.78, 5) is 26.8. The van der Waals surface area contributed by atoms with Crippen molar-refractivity contribution in [2.24, 2.45) is 5.92 Å². The summed E-state index contributed by atoms with van der Waals surface area (Å²) in [6.45, 7) is 0. The summed E-state index contributed by atoms with van der Waals surface area (Å²) >= 11 is 0. The van der Waals surface area contributed by atoms with Crippen LogP contribution in [-0.2, 0) is 0 Å².